The van der Waals surface area contributed by atoms with Crippen LogP contribution in [0.2, 0.25) is 0 Å². The minimum Gasteiger partial charge on any atom is -0.497 e. The number of ether oxygens (including phenoxy) is 1. The highest BCUT2D eigenvalue weighted by atomic mass is 16.5. The first-order valence-corrected chi connectivity index (χ1v) is 10.7. The lowest BCUT2D eigenvalue weighted by molar-refractivity contribution is 0.212. The van der Waals surface area contributed by atoms with Crippen LogP contribution in [0.1, 0.15) is 17.2 Å². The molecule has 1 aliphatic heterocycles. The van der Waals surface area contributed by atoms with Crippen molar-refractivity contribution in [1.82, 2.24) is 14.9 Å². The smallest absolute Gasteiger partial charge is 0.139 e. The van der Waals surface area contributed by atoms with E-state index in [1.165, 1.54) is 11.1 Å². The molecule has 0 aliphatic carbocycles. The van der Waals surface area contributed by atoms with Crippen LogP contribution in [0.15, 0.2) is 85.2 Å². The van der Waals surface area contributed by atoms with Crippen molar-refractivity contribution >= 4 is 16.7 Å². The van der Waals surface area contributed by atoms with Gasteiger partial charge in [0.2, 0.25) is 0 Å². The zero-order chi connectivity index (χ0) is 21.0. The molecule has 5 rings (SSSR count). The SMILES string of the molecule is COc1ccc2c(N3CCN(C(c4ccccc4)c4ccccc4)CC3)ncnc2c1. The minimum absolute atomic E-state index is 0.260. The number of hydrogen-bond acceptors (Lipinski definition) is 5. The Morgan fingerprint density at radius 1 is 0.774 bits per heavy atom. The summed E-state index contributed by atoms with van der Waals surface area (Å²) in [6.07, 6.45) is 1.65. The summed E-state index contributed by atoms with van der Waals surface area (Å²) < 4.78 is 5.35. The molecule has 0 bridgehead atoms. The van der Waals surface area contributed by atoms with E-state index in [1.54, 1.807) is 13.4 Å². The third kappa shape index (κ3) is 3.97. The quantitative estimate of drug-likeness (QED) is 0.483. The average Bonchev–Trinajstić information content (AvgIpc) is 2.85. The fourth-order valence-electron chi connectivity index (χ4n) is 4.48. The highest BCUT2D eigenvalue weighted by Gasteiger charge is 2.27. The van der Waals surface area contributed by atoms with Crippen LogP contribution in [0.3, 0.4) is 0 Å². The predicted molar refractivity (Wildman–Crippen MR) is 125 cm³/mol. The van der Waals surface area contributed by atoms with Crippen LogP contribution in [-0.2, 0) is 0 Å². The van der Waals surface area contributed by atoms with Gasteiger partial charge in [-0.2, -0.15) is 0 Å². The molecule has 5 nitrogen and oxygen atoms in total. The summed E-state index contributed by atoms with van der Waals surface area (Å²) in [6.45, 7) is 3.79. The summed E-state index contributed by atoms with van der Waals surface area (Å²) in [4.78, 5) is 14.0. The van der Waals surface area contributed by atoms with Crippen molar-refractivity contribution in [2.75, 3.05) is 38.2 Å². The van der Waals surface area contributed by atoms with Crippen molar-refractivity contribution in [2.45, 2.75) is 6.04 Å². The summed E-state index contributed by atoms with van der Waals surface area (Å²) in [7, 11) is 1.68. The van der Waals surface area contributed by atoms with Gasteiger partial charge in [0.15, 0.2) is 0 Å². The van der Waals surface area contributed by atoms with Gasteiger partial charge in [0.05, 0.1) is 18.7 Å². The van der Waals surface area contributed by atoms with Crippen molar-refractivity contribution in [2.24, 2.45) is 0 Å². The Hall–Kier alpha value is -3.44. The molecular weight excluding hydrogens is 384 g/mol. The highest BCUT2D eigenvalue weighted by Crippen LogP contribution is 2.31. The third-order valence-corrected chi connectivity index (χ3v) is 6.03. The van der Waals surface area contributed by atoms with Crippen molar-refractivity contribution in [3.63, 3.8) is 0 Å². The predicted octanol–water partition coefficient (Wildman–Crippen LogP) is 4.55. The Morgan fingerprint density at radius 3 is 2.03 bits per heavy atom. The highest BCUT2D eigenvalue weighted by molar-refractivity contribution is 5.90. The third-order valence-electron chi connectivity index (χ3n) is 6.03. The van der Waals surface area contributed by atoms with Gasteiger partial charge in [-0.25, -0.2) is 9.97 Å². The topological polar surface area (TPSA) is 41.5 Å². The zero-order valence-corrected chi connectivity index (χ0v) is 17.7. The molecule has 3 aromatic carbocycles. The van der Waals surface area contributed by atoms with Crippen LogP contribution in [0.5, 0.6) is 5.75 Å². The Bertz CT molecular complexity index is 1100. The second kappa shape index (κ2) is 8.74. The summed E-state index contributed by atoms with van der Waals surface area (Å²) in [5.41, 5.74) is 3.58. The van der Waals surface area contributed by atoms with Gasteiger partial charge in [0.25, 0.3) is 0 Å². The van der Waals surface area contributed by atoms with E-state index in [0.717, 1.165) is 48.6 Å². The fraction of sp³-hybridized carbons (Fsp3) is 0.231. The van der Waals surface area contributed by atoms with Gasteiger partial charge >= 0.3 is 0 Å². The Balaban J connectivity index is 1.40. The number of anilines is 1. The molecule has 4 aromatic rings. The maximum atomic E-state index is 5.35. The Kier molecular flexibility index (Phi) is 5.50. The molecule has 1 aromatic heterocycles. The van der Waals surface area contributed by atoms with Crippen molar-refractivity contribution in [3.8, 4) is 5.75 Å². The van der Waals surface area contributed by atoms with E-state index in [4.69, 9.17) is 4.74 Å². The molecule has 0 spiro atoms. The number of hydrogen-bond donors (Lipinski definition) is 0. The molecule has 0 saturated carbocycles. The van der Waals surface area contributed by atoms with E-state index in [0.29, 0.717) is 0 Å². The number of rotatable bonds is 5. The second-order valence-corrected chi connectivity index (χ2v) is 7.83. The van der Waals surface area contributed by atoms with E-state index >= 15 is 0 Å². The number of benzene rings is 3. The normalized spacial score (nSPS) is 14.8. The second-order valence-electron chi connectivity index (χ2n) is 7.83. The molecular formula is C26H26N4O. The van der Waals surface area contributed by atoms with Crippen LogP contribution in [-0.4, -0.2) is 48.2 Å². The maximum absolute atomic E-state index is 5.35. The van der Waals surface area contributed by atoms with Gasteiger partial charge in [-0.1, -0.05) is 60.7 Å². The molecule has 5 heteroatoms. The monoisotopic (exact) mass is 410 g/mol. The summed E-state index contributed by atoms with van der Waals surface area (Å²) in [5.74, 6) is 1.82. The van der Waals surface area contributed by atoms with Crippen LogP contribution >= 0.6 is 0 Å². The number of aromatic nitrogens is 2. The molecule has 0 amide bonds. The molecule has 1 aliphatic rings. The molecule has 2 heterocycles. The molecule has 1 saturated heterocycles. The lowest BCUT2D eigenvalue weighted by atomic mass is 9.96. The summed E-state index contributed by atoms with van der Waals surface area (Å²) in [5, 5.41) is 1.07. The molecule has 31 heavy (non-hydrogen) atoms. The first kappa shape index (κ1) is 19.5. The first-order valence-electron chi connectivity index (χ1n) is 10.7. The Morgan fingerprint density at radius 2 is 1.42 bits per heavy atom. The zero-order valence-electron chi connectivity index (χ0n) is 17.7. The number of fused-ring (bicyclic) bond motifs is 1. The maximum Gasteiger partial charge on any atom is 0.139 e. The van der Waals surface area contributed by atoms with Gasteiger partial charge in [0.1, 0.15) is 17.9 Å². The van der Waals surface area contributed by atoms with Crippen LogP contribution < -0.4 is 9.64 Å². The van der Waals surface area contributed by atoms with Crippen molar-refractivity contribution < 1.29 is 4.74 Å². The van der Waals surface area contributed by atoms with Gasteiger partial charge in [-0.05, 0) is 23.3 Å². The lowest BCUT2D eigenvalue weighted by Gasteiger charge is -2.40. The number of piperazine rings is 1. The molecule has 0 atom stereocenters. The van der Waals surface area contributed by atoms with E-state index in [-0.39, 0.29) is 6.04 Å². The molecule has 0 unspecified atom stereocenters. The van der Waals surface area contributed by atoms with E-state index in [9.17, 15) is 0 Å². The van der Waals surface area contributed by atoms with E-state index in [2.05, 4.69) is 86.5 Å². The van der Waals surface area contributed by atoms with E-state index < -0.39 is 0 Å². The number of methoxy groups -OCH3 is 1. The number of nitrogens with zero attached hydrogens (tertiary/aromatic N) is 4. The average molecular weight is 411 g/mol. The minimum atomic E-state index is 0.260. The van der Waals surface area contributed by atoms with Crippen molar-refractivity contribution in [1.29, 1.82) is 0 Å². The summed E-state index contributed by atoms with van der Waals surface area (Å²) >= 11 is 0. The van der Waals surface area contributed by atoms with Gasteiger partial charge in [0, 0.05) is 37.6 Å². The van der Waals surface area contributed by atoms with Gasteiger partial charge < -0.3 is 9.64 Å². The molecule has 156 valence electrons. The van der Waals surface area contributed by atoms with Gasteiger partial charge in [-0.15, -0.1) is 0 Å². The van der Waals surface area contributed by atoms with Gasteiger partial charge in [-0.3, -0.25) is 4.90 Å². The fourth-order valence-corrected chi connectivity index (χ4v) is 4.48. The lowest BCUT2D eigenvalue weighted by Crippen LogP contribution is -2.48. The molecule has 0 N–H and O–H groups in total. The summed E-state index contributed by atoms with van der Waals surface area (Å²) in [6, 6.07) is 27.9. The van der Waals surface area contributed by atoms with Crippen LogP contribution in [0.4, 0.5) is 5.82 Å². The van der Waals surface area contributed by atoms with Crippen LogP contribution in [0.25, 0.3) is 10.9 Å². The van der Waals surface area contributed by atoms with Crippen molar-refractivity contribution in [3.05, 3.63) is 96.3 Å². The first-order chi connectivity index (χ1) is 15.3. The molecule has 0 radical (unpaired) electrons. The Labute approximate surface area is 182 Å². The standard InChI is InChI=1S/C26H26N4O/c1-31-22-12-13-23-24(18-22)27-19-28-26(23)30-16-14-29(15-17-30)25(20-8-4-2-5-9-20)21-10-6-3-7-11-21/h2-13,18-19,25H,14-17H2,1H3. The van der Waals surface area contributed by atoms with Crippen LogP contribution in [0, 0.1) is 0 Å². The van der Waals surface area contributed by atoms with E-state index in [1.807, 2.05) is 12.1 Å². The molecule has 1 fully saturated rings. The largest absolute Gasteiger partial charge is 0.497 e.